The highest BCUT2D eigenvalue weighted by atomic mass is 16.3. The molecule has 5 fully saturated rings. The molecule has 3 N–H and O–H groups in total. The zero-order valence-electron chi connectivity index (χ0n) is 34.2. The average molecular weight is 757 g/mol. The van der Waals surface area contributed by atoms with Crippen molar-refractivity contribution in [3.8, 4) is 11.1 Å². The minimum Gasteiger partial charge on any atom is -0.393 e. The summed E-state index contributed by atoms with van der Waals surface area (Å²) in [6, 6.07) is 24.2. The summed E-state index contributed by atoms with van der Waals surface area (Å²) in [5, 5.41) is 27.7. The van der Waals surface area contributed by atoms with Crippen LogP contribution in [-0.4, -0.2) is 57.8 Å². The number of carbonyl (C=O) groups is 2. The van der Waals surface area contributed by atoms with Gasteiger partial charge in [-0.25, -0.2) is 4.79 Å². The molecule has 2 amide bonds. The van der Waals surface area contributed by atoms with Gasteiger partial charge in [-0.05, 0) is 162 Å². The van der Waals surface area contributed by atoms with Gasteiger partial charge < -0.3 is 20.4 Å². The van der Waals surface area contributed by atoms with E-state index in [2.05, 4.69) is 37.4 Å². The number of hydrogen-bond donors (Lipinski definition) is 3. The topological polar surface area (TPSA) is 89.9 Å². The highest BCUT2D eigenvalue weighted by Gasteiger charge is 2.59. The summed E-state index contributed by atoms with van der Waals surface area (Å²) < 4.78 is 0. The van der Waals surface area contributed by atoms with Crippen LogP contribution in [0.3, 0.4) is 0 Å². The van der Waals surface area contributed by atoms with Crippen LogP contribution in [0.2, 0.25) is 0 Å². The molecule has 4 unspecified atom stereocenters. The monoisotopic (exact) mass is 756 g/mol. The van der Waals surface area contributed by atoms with Crippen LogP contribution in [0.5, 0.6) is 0 Å². The van der Waals surface area contributed by atoms with E-state index in [9.17, 15) is 15.0 Å². The highest BCUT2D eigenvalue weighted by Crippen LogP contribution is 2.62. The first-order chi connectivity index (χ1) is 26.8. The van der Waals surface area contributed by atoms with Crippen molar-refractivity contribution in [2.45, 2.75) is 135 Å². The van der Waals surface area contributed by atoms with Crippen molar-refractivity contribution in [3.63, 3.8) is 0 Å². The Bertz CT molecular complexity index is 1920. The van der Waals surface area contributed by atoms with Gasteiger partial charge in [0.25, 0.3) is 0 Å². The SMILES string of the molecule is CC1=CCCC2(C)C(CCC2(O)CN(CC23CC4CC(CC(C4)C2)C3)C(=O)NC(C)C)c2ccc(cc2C(=O)c2ccccc2-c2ccccc2)CC(O)CC1. The maximum Gasteiger partial charge on any atom is 0.317 e. The Hall–Kier alpha value is -3.74. The number of rotatable bonds is 8. The van der Waals surface area contributed by atoms with Crippen molar-refractivity contribution in [2.75, 3.05) is 13.1 Å². The minimum atomic E-state index is -1.16. The Morgan fingerprint density at radius 1 is 0.857 bits per heavy atom. The number of aliphatic hydroxyl groups is 2. The standard InChI is InChI=1S/C50H64N2O4/c1-33(2)51-47(55)52(31-49-28-36-23-37(29-49)25-38(24-36)30-49)32-50(56)22-20-45-42-19-17-35(26-40(53)18-16-34(3)11-10-21-48(45,50)4)27-44(42)46(54)43-15-9-8-14-41(43)39-12-6-5-7-13-39/h5-9,11-15,17,19,27,33,36-38,40,45,53,56H,10,16,18,20-26,28-32H2,1-4H3,(H,51,55). The van der Waals surface area contributed by atoms with Gasteiger partial charge >= 0.3 is 6.03 Å². The first kappa shape index (κ1) is 39.1. The number of urea groups is 1. The summed E-state index contributed by atoms with van der Waals surface area (Å²) >= 11 is 0. The summed E-state index contributed by atoms with van der Waals surface area (Å²) in [5.41, 5.74) is 4.71. The molecule has 0 aromatic heterocycles. The Labute approximate surface area is 335 Å². The molecule has 298 valence electrons. The Morgan fingerprint density at radius 2 is 1.54 bits per heavy atom. The predicted octanol–water partition coefficient (Wildman–Crippen LogP) is 10.3. The largest absolute Gasteiger partial charge is 0.393 e. The fourth-order valence-electron chi connectivity index (χ4n) is 12.6. The highest BCUT2D eigenvalue weighted by molar-refractivity contribution is 6.13. The van der Waals surface area contributed by atoms with Gasteiger partial charge in [0, 0.05) is 29.1 Å². The lowest BCUT2D eigenvalue weighted by atomic mass is 9.49. The number of nitrogens with one attached hydrogen (secondary N) is 1. The molecule has 4 atom stereocenters. The third kappa shape index (κ3) is 7.65. The lowest BCUT2D eigenvalue weighted by Crippen LogP contribution is -2.59. The van der Waals surface area contributed by atoms with Gasteiger partial charge in [0.2, 0.25) is 0 Å². The molecule has 0 aliphatic heterocycles. The third-order valence-corrected chi connectivity index (χ3v) is 15.0. The molecule has 6 nitrogen and oxygen atoms in total. The van der Waals surface area contributed by atoms with E-state index in [1.807, 2.05) is 79.4 Å². The second-order valence-corrected chi connectivity index (χ2v) is 19.6. The Kier molecular flexibility index (Phi) is 10.9. The van der Waals surface area contributed by atoms with Gasteiger partial charge in [-0.1, -0.05) is 85.3 Å². The van der Waals surface area contributed by atoms with Crippen LogP contribution in [0.4, 0.5) is 4.79 Å². The molecule has 7 aliphatic rings. The fourth-order valence-corrected chi connectivity index (χ4v) is 12.6. The van der Waals surface area contributed by atoms with E-state index in [-0.39, 0.29) is 35.7 Å². The van der Waals surface area contributed by atoms with E-state index in [4.69, 9.17) is 0 Å². The number of amides is 2. The number of ketones is 1. The summed E-state index contributed by atoms with van der Waals surface area (Å²) in [5.74, 6) is 2.18. The van der Waals surface area contributed by atoms with E-state index in [0.717, 1.165) is 65.7 Å². The molecule has 3 aromatic rings. The first-order valence-corrected chi connectivity index (χ1v) is 21.8. The number of hydrogen-bond acceptors (Lipinski definition) is 4. The quantitative estimate of drug-likeness (QED) is 0.158. The molecule has 10 rings (SSSR count). The molecule has 3 aromatic carbocycles. The maximum absolute atomic E-state index is 15.1. The second-order valence-electron chi connectivity index (χ2n) is 19.6. The van der Waals surface area contributed by atoms with E-state index >= 15 is 4.79 Å². The smallest absolute Gasteiger partial charge is 0.317 e. The summed E-state index contributed by atoms with van der Waals surface area (Å²) in [6.07, 6.45) is 14.1. The number of carbonyl (C=O) groups excluding carboxylic acids is 2. The van der Waals surface area contributed by atoms with E-state index in [1.165, 1.54) is 44.1 Å². The van der Waals surface area contributed by atoms with Crippen LogP contribution < -0.4 is 5.32 Å². The van der Waals surface area contributed by atoms with Gasteiger partial charge in [0.1, 0.15) is 0 Å². The lowest BCUT2D eigenvalue weighted by molar-refractivity contribution is -0.0985. The number of benzene rings is 3. The lowest BCUT2D eigenvalue weighted by Gasteiger charge is -2.58. The molecule has 0 heterocycles. The second kappa shape index (κ2) is 15.5. The van der Waals surface area contributed by atoms with Gasteiger partial charge in [-0.15, -0.1) is 0 Å². The first-order valence-electron chi connectivity index (χ1n) is 21.8. The molecule has 6 bridgehead atoms. The number of aliphatic hydroxyl groups excluding tert-OH is 1. The maximum atomic E-state index is 15.1. The van der Waals surface area contributed by atoms with Gasteiger partial charge in [0.05, 0.1) is 18.2 Å². The van der Waals surface area contributed by atoms with Crippen molar-refractivity contribution < 1.29 is 19.8 Å². The van der Waals surface area contributed by atoms with Gasteiger partial charge in [0.15, 0.2) is 5.78 Å². The van der Waals surface area contributed by atoms with Crippen LogP contribution in [0.15, 0.2) is 84.4 Å². The van der Waals surface area contributed by atoms with Crippen molar-refractivity contribution >= 4 is 11.8 Å². The van der Waals surface area contributed by atoms with Crippen molar-refractivity contribution in [3.05, 3.63) is 107 Å². The summed E-state index contributed by atoms with van der Waals surface area (Å²) in [7, 11) is 0. The molecule has 7 aliphatic carbocycles. The molecule has 0 spiro atoms. The van der Waals surface area contributed by atoms with Gasteiger partial charge in [-0.2, -0.15) is 0 Å². The normalized spacial score (nSPS) is 32.5. The molecule has 5 saturated carbocycles. The minimum absolute atomic E-state index is 0.00486. The molecule has 0 radical (unpaired) electrons. The molecular weight excluding hydrogens is 693 g/mol. The number of fused-ring (bicyclic) bond motifs is 8. The van der Waals surface area contributed by atoms with Crippen molar-refractivity contribution in [1.82, 2.24) is 10.2 Å². The molecule has 6 heteroatoms. The van der Waals surface area contributed by atoms with Crippen LogP contribution in [0.1, 0.15) is 138 Å². The zero-order valence-corrected chi connectivity index (χ0v) is 34.2. The molecule has 56 heavy (non-hydrogen) atoms. The van der Waals surface area contributed by atoms with Crippen molar-refractivity contribution in [2.24, 2.45) is 28.6 Å². The summed E-state index contributed by atoms with van der Waals surface area (Å²) in [6.45, 7) is 9.42. The van der Waals surface area contributed by atoms with Crippen molar-refractivity contribution in [1.29, 1.82) is 0 Å². The zero-order chi connectivity index (χ0) is 39.2. The fraction of sp³-hybridized carbons (Fsp3) is 0.560. The number of nitrogens with zero attached hydrogens (tertiary/aromatic N) is 1. The Morgan fingerprint density at radius 3 is 2.23 bits per heavy atom. The van der Waals surface area contributed by atoms with E-state index in [0.29, 0.717) is 36.9 Å². The predicted molar refractivity (Wildman–Crippen MR) is 225 cm³/mol. The third-order valence-electron chi connectivity index (χ3n) is 15.0. The van der Waals surface area contributed by atoms with Crippen LogP contribution in [0.25, 0.3) is 11.1 Å². The van der Waals surface area contributed by atoms with Crippen LogP contribution >= 0.6 is 0 Å². The summed E-state index contributed by atoms with van der Waals surface area (Å²) in [4.78, 5) is 31.4. The van der Waals surface area contributed by atoms with Gasteiger partial charge in [-0.3, -0.25) is 4.79 Å². The number of allylic oxidation sites excluding steroid dienone is 2. The van der Waals surface area contributed by atoms with Crippen LogP contribution in [-0.2, 0) is 6.42 Å². The van der Waals surface area contributed by atoms with Crippen LogP contribution in [0, 0.1) is 28.6 Å². The van der Waals surface area contributed by atoms with E-state index < -0.39 is 17.1 Å². The molecule has 0 saturated heterocycles. The average Bonchev–Trinajstić information content (AvgIpc) is 3.41. The Balaban J connectivity index is 1.20. The van der Waals surface area contributed by atoms with E-state index in [1.54, 1.807) is 0 Å². The molecular formula is C50H64N2O4.